The Morgan fingerprint density at radius 3 is 2.50 bits per heavy atom. The molecule has 3 rings (SSSR count). The van der Waals surface area contributed by atoms with Crippen LogP contribution < -0.4 is 0 Å². The molecule has 0 spiro atoms. The molecule has 2 aromatic carbocycles. The molecule has 3 aromatic rings. The van der Waals surface area contributed by atoms with E-state index in [0.29, 0.717) is 5.88 Å². The van der Waals surface area contributed by atoms with E-state index in [0.717, 1.165) is 31.5 Å². The second-order valence-electron chi connectivity index (χ2n) is 4.56. The molecule has 102 valence electrons. The fourth-order valence-corrected chi connectivity index (χ4v) is 3.33. The van der Waals surface area contributed by atoms with Crippen LogP contribution in [0.2, 0.25) is 0 Å². The fraction of sp³-hybridized carbons (Fsp3) is 0.133. The Kier molecular flexibility index (Phi) is 3.89. The fourth-order valence-electron chi connectivity index (χ4n) is 2.33. The molecule has 0 radical (unpaired) electrons. The van der Waals surface area contributed by atoms with E-state index >= 15 is 0 Å². The van der Waals surface area contributed by atoms with Gasteiger partial charge in [0, 0.05) is 8.95 Å². The number of rotatable bonds is 2. The summed E-state index contributed by atoms with van der Waals surface area (Å²) in [4.78, 5) is 4.61. The summed E-state index contributed by atoms with van der Waals surface area (Å²) in [7, 11) is 0. The number of hydrogen-bond donors (Lipinski definition) is 0. The van der Waals surface area contributed by atoms with Gasteiger partial charge in [-0.3, -0.25) is 4.57 Å². The number of benzene rings is 2. The Morgan fingerprint density at radius 2 is 1.80 bits per heavy atom. The molecule has 0 N–H and O–H groups in total. The van der Waals surface area contributed by atoms with E-state index in [1.54, 1.807) is 0 Å². The van der Waals surface area contributed by atoms with Gasteiger partial charge in [0.05, 0.1) is 22.6 Å². The molecule has 0 saturated heterocycles. The molecule has 0 aliphatic carbocycles. The van der Waals surface area contributed by atoms with Gasteiger partial charge in [-0.25, -0.2) is 4.98 Å². The largest absolute Gasteiger partial charge is 0.295 e. The minimum absolute atomic E-state index is 0.377. The van der Waals surface area contributed by atoms with E-state index in [1.807, 2.05) is 18.2 Å². The lowest BCUT2D eigenvalue weighted by Gasteiger charge is -2.11. The van der Waals surface area contributed by atoms with Crippen LogP contribution in [0.1, 0.15) is 11.4 Å². The van der Waals surface area contributed by atoms with Crippen LogP contribution in [-0.4, -0.2) is 9.55 Å². The molecule has 0 amide bonds. The maximum absolute atomic E-state index is 6.07. The number of halogens is 3. The van der Waals surface area contributed by atoms with Gasteiger partial charge >= 0.3 is 0 Å². The molecule has 0 fully saturated rings. The number of aromatic nitrogens is 2. The number of imidazole rings is 1. The molecule has 0 unspecified atom stereocenters. The van der Waals surface area contributed by atoms with Gasteiger partial charge < -0.3 is 0 Å². The molecule has 0 bridgehead atoms. The summed E-state index contributed by atoms with van der Waals surface area (Å²) in [6.45, 7) is 2.09. The van der Waals surface area contributed by atoms with Crippen LogP contribution in [0, 0.1) is 6.92 Å². The van der Waals surface area contributed by atoms with E-state index in [-0.39, 0.29) is 0 Å². The lowest BCUT2D eigenvalue weighted by atomic mass is 10.2. The zero-order valence-corrected chi connectivity index (χ0v) is 14.6. The van der Waals surface area contributed by atoms with Gasteiger partial charge in [0.25, 0.3) is 0 Å². The first-order valence-electron chi connectivity index (χ1n) is 6.09. The van der Waals surface area contributed by atoms with Crippen molar-refractivity contribution in [1.29, 1.82) is 0 Å². The Labute approximate surface area is 139 Å². The normalized spacial score (nSPS) is 11.2. The average molecular weight is 415 g/mol. The van der Waals surface area contributed by atoms with Crippen LogP contribution in [0.25, 0.3) is 16.7 Å². The summed E-state index contributed by atoms with van der Waals surface area (Å²) in [6, 6.07) is 12.3. The number of nitrogens with zero attached hydrogens (tertiary/aromatic N) is 2. The zero-order valence-electron chi connectivity index (χ0n) is 10.7. The van der Waals surface area contributed by atoms with Gasteiger partial charge in [-0.05, 0) is 48.9 Å². The molecular weight excluding hydrogens is 403 g/mol. The molecule has 20 heavy (non-hydrogen) atoms. The van der Waals surface area contributed by atoms with Crippen LogP contribution in [0.5, 0.6) is 0 Å². The monoisotopic (exact) mass is 412 g/mol. The Balaban J connectivity index is 2.36. The average Bonchev–Trinajstić information content (AvgIpc) is 2.76. The molecule has 0 atom stereocenters. The highest BCUT2D eigenvalue weighted by Gasteiger charge is 2.13. The standard InChI is InChI=1S/C15H11Br2ClN2/c1-9-6-10(16)3-5-13(9)20-14-7-11(17)2-4-12(14)19-15(20)8-18/h2-7H,8H2,1H3. The Bertz CT molecular complexity index is 796. The van der Waals surface area contributed by atoms with Crippen LogP contribution in [0.15, 0.2) is 45.3 Å². The summed E-state index contributed by atoms with van der Waals surface area (Å²) in [5.41, 5.74) is 4.28. The van der Waals surface area contributed by atoms with Crippen molar-refractivity contribution in [2.45, 2.75) is 12.8 Å². The number of fused-ring (bicyclic) bond motifs is 1. The predicted octanol–water partition coefficient (Wildman–Crippen LogP) is 5.60. The summed E-state index contributed by atoms with van der Waals surface area (Å²) in [5, 5.41) is 0. The molecular formula is C15H11Br2ClN2. The summed E-state index contributed by atoms with van der Waals surface area (Å²) < 4.78 is 4.22. The van der Waals surface area contributed by atoms with Gasteiger partial charge in [0.2, 0.25) is 0 Å². The van der Waals surface area contributed by atoms with Crippen LogP contribution >= 0.6 is 43.5 Å². The van der Waals surface area contributed by atoms with Crippen LogP contribution in [0.4, 0.5) is 0 Å². The van der Waals surface area contributed by atoms with Crippen molar-refractivity contribution in [2.75, 3.05) is 0 Å². The number of aryl methyl sites for hydroxylation is 1. The van der Waals surface area contributed by atoms with Crippen molar-refractivity contribution in [3.8, 4) is 5.69 Å². The zero-order chi connectivity index (χ0) is 14.3. The molecule has 0 saturated carbocycles. The van der Waals surface area contributed by atoms with Crippen LogP contribution in [0.3, 0.4) is 0 Å². The second-order valence-corrected chi connectivity index (χ2v) is 6.66. The number of hydrogen-bond acceptors (Lipinski definition) is 1. The van der Waals surface area contributed by atoms with Crippen molar-refractivity contribution in [2.24, 2.45) is 0 Å². The van der Waals surface area contributed by atoms with E-state index in [2.05, 4.69) is 66.5 Å². The SMILES string of the molecule is Cc1cc(Br)ccc1-n1c(CCl)nc2ccc(Br)cc21. The van der Waals surface area contributed by atoms with Gasteiger partial charge in [0.1, 0.15) is 5.82 Å². The third-order valence-electron chi connectivity index (χ3n) is 3.21. The van der Waals surface area contributed by atoms with Crippen molar-refractivity contribution >= 4 is 54.5 Å². The maximum Gasteiger partial charge on any atom is 0.129 e. The van der Waals surface area contributed by atoms with E-state index in [4.69, 9.17) is 11.6 Å². The third kappa shape index (κ3) is 2.41. The van der Waals surface area contributed by atoms with E-state index < -0.39 is 0 Å². The molecule has 2 nitrogen and oxygen atoms in total. The first-order chi connectivity index (χ1) is 9.60. The molecule has 0 aliphatic heterocycles. The smallest absolute Gasteiger partial charge is 0.129 e. The van der Waals surface area contributed by atoms with Crippen molar-refractivity contribution in [1.82, 2.24) is 9.55 Å². The molecule has 5 heteroatoms. The van der Waals surface area contributed by atoms with Gasteiger partial charge in [-0.15, -0.1) is 11.6 Å². The van der Waals surface area contributed by atoms with Gasteiger partial charge in [0.15, 0.2) is 0 Å². The van der Waals surface area contributed by atoms with Crippen LogP contribution in [-0.2, 0) is 5.88 Å². The Morgan fingerprint density at radius 1 is 1.10 bits per heavy atom. The molecule has 1 heterocycles. The lowest BCUT2D eigenvalue weighted by Crippen LogP contribution is -2.01. The highest BCUT2D eigenvalue weighted by Crippen LogP contribution is 2.28. The quantitative estimate of drug-likeness (QED) is 0.499. The van der Waals surface area contributed by atoms with Crippen molar-refractivity contribution in [3.63, 3.8) is 0 Å². The molecule has 0 aliphatic rings. The lowest BCUT2D eigenvalue weighted by molar-refractivity contribution is 0.971. The maximum atomic E-state index is 6.07. The predicted molar refractivity (Wildman–Crippen MR) is 90.8 cm³/mol. The molecule has 1 aromatic heterocycles. The van der Waals surface area contributed by atoms with E-state index in [1.165, 1.54) is 5.56 Å². The Hall–Kier alpha value is -0.840. The van der Waals surface area contributed by atoms with Gasteiger partial charge in [-0.2, -0.15) is 0 Å². The summed E-state index contributed by atoms with van der Waals surface area (Å²) in [5.74, 6) is 1.23. The topological polar surface area (TPSA) is 17.8 Å². The highest BCUT2D eigenvalue weighted by molar-refractivity contribution is 9.10. The van der Waals surface area contributed by atoms with Crippen molar-refractivity contribution in [3.05, 3.63) is 56.7 Å². The minimum atomic E-state index is 0.377. The highest BCUT2D eigenvalue weighted by atomic mass is 79.9. The number of alkyl halides is 1. The van der Waals surface area contributed by atoms with Crippen molar-refractivity contribution < 1.29 is 0 Å². The van der Waals surface area contributed by atoms with Gasteiger partial charge in [-0.1, -0.05) is 31.9 Å². The first-order valence-corrected chi connectivity index (χ1v) is 8.21. The second kappa shape index (κ2) is 5.51. The third-order valence-corrected chi connectivity index (χ3v) is 4.43. The minimum Gasteiger partial charge on any atom is -0.295 e. The summed E-state index contributed by atoms with van der Waals surface area (Å²) in [6.07, 6.45) is 0. The first kappa shape index (κ1) is 14.1. The van der Waals surface area contributed by atoms with E-state index in [9.17, 15) is 0 Å². The summed E-state index contributed by atoms with van der Waals surface area (Å²) >= 11 is 13.1.